The van der Waals surface area contributed by atoms with Crippen molar-refractivity contribution in [2.75, 3.05) is 0 Å². The van der Waals surface area contributed by atoms with Gasteiger partial charge in [-0.3, -0.25) is 4.79 Å². The van der Waals surface area contributed by atoms with Gasteiger partial charge in [-0.1, -0.05) is 29.8 Å². The molecule has 1 aromatic carbocycles. The van der Waals surface area contributed by atoms with Gasteiger partial charge in [0.05, 0.1) is 12.8 Å². The number of benzene rings is 1. The molecule has 122 valence electrons. The van der Waals surface area contributed by atoms with Gasteiger partial charge in [0.25, 0.3) is 0 Å². The van der Waals surface area contributed by atoms with Gasteiger partial charge >= 0.3 is 0 Å². The van der Waals surface area contributed by atoms with E-state index in [1.807, 2.05) is 25.1 Å². The zero-order valence-electron chi connectivity index (χ0n) is 13.4. The number of aromatic nitrogens is 3. The molecule has 0 atom stereocenters. The van der Waals surface area contributed by atoms with Crippen LogP contribution < -0.4 is 5.73 Å². The topological polar surface area (TPSA) is 86.9 Å². The van der Waals surface area contributed by atoms with Crippen LogP contribution in [0.1, 0.15) is 29.8 Å². The normalized spacial score (nSPS) is 15.4. The minimum absolute atomic E-state index is 0.341. The number of furan rings is 1. The molecule has 24 heavy (non-hydrogen) atoms. The van der Waals surface area contributed by atoms with Crippen molar-refractivity contribution in [3.8, 4) is 11.6 Å². The summed E-state index contributed by atoms with van der Waals surface area (Å²) in [6, 6.07) is 11.8. The first-order valence-corrected chi connectivity index (χ1v) is 7.93. The number of primary amides is 1. The van der Waals surface area contributed by atoms with Crippen LogP contribution >= 0.6 is 0 Å². The first-order chi connectivity index (χ1) is 11.6. The summed E-state index contributed by atoms with van der Waals surface area (Å²) in [7, 11) is 0. The fraction of sp³-hybridized carbons (Fsp3) is 0.278. The third kappa shape index (κ3) is 2.40. The Morgan fingerprint density at radius 2 is 2.17 bits per heavy atom. The molecule has 0 saturated heterocycles. The number of hydrogen-bond acceptors (Lipinski definition) is 4. The number of carbonyl (C=O) groups is 1. The highest BCUT2D eigenvalue weighted by Crippen LogP contribution is 2.47. The summed E-state index contributed by atoms with van der Waals surface area (Å²) in [6.45, 7) is 2.59. The molecular formula is C18H18N4O2. The van der Waals surface area contributed by atoms with E-state index in [-0.39, 0.29) is 5.91 Å². The molecule has 2 N–H and O–H groups in total. The van der Waals surface area contributed by atoms with Crippen molar-refractivity contribution in [3.63, 3.8) is 0 Å². The second-order valence-corrected chi connectivity index (χ2v) is 6.33. The molecule has 1 amide bonds. The van der Waals surface area contributed by atoms with E-state index in [0.29, 0.717) is 36.8 Å². The Bertz CT molecular complexity index is 892. The zero-order chi connectivity index (χ0) is 16.7. The summed E-state index contributed by atoms with van der Waals surface area (Å²) >= 11 is 0. The van der Waals surface area contributed by atoms with E-state index in [4.69, 9.17) is 10.2 Å². The Hall–Kier alpha value is -2.89. The Kier molecular flexibility index (Phi) is 3.26. The van der Waals surface area contributed by atoms with Crippen LogP contribution in [-0.4, -0.2) is 20.7 Å². The summed E-state index contributed by atoms with van der Waals surface area (Å²) in [5.41, 5.74) is 7.22. The van der Waals surface area contributed by atoms with E-state index in [1.54, 1.807) is 23.1 Å². The van der Waals surface area contributed by atoms with Crippen molar-refractivity contribution in [2.24, 2.45) is 5.73 Å². The standard InChI is InChI=1S/C18H18N4O2/c1-12-4-2-5-13(10-12)11-22-17(18(7-8-18)16(19)23)20-15(21-22)14-6-3-9-24-14/h2-6,9-10H,7-8,11H2,1H3,(H2,19,23). The van der Waals surface area contributed by atoms with E-state index in [2.05, 4.69) is 16.1 Å². The van der Waals surface area contributed by atoms with Crippen molar-refractivity contribution < 1.29 is 9.21 Å². The molecule has 6 heteroatoms. The Balaban J connectivity index is 1.78. The van der Waals surface area contributed by atoms with Crippen LogP contribution in [0.4, 0.5) is 0 Å². The minimum atomic E-state index is -0.693. The summed E-state index contributed by atoms with van der Waals surface area (Å²) in [4.78, 5) is 16.5. The van der Waals surface area contributed by atoms with Gasteiger partial charge in [-0.05, 0) is 37.5 Å². The molecule has 2 aromatic heterocycles. The second kappa shape index (κ2) is 5.33. The predicted molar refractivity (Wildman–Crippen MR) is 88.1 cm³/mol. The first kappa shape index (κ1) is 14.7. The van der Waals surface area contributed by atoms with Gasteiger partial charge in [0.2, 0.25) is 11.7 Å². The van der Waals surface area contributed by atoms with Crippen LogP contribution in [0.2, 0.25) is 0 Å². The molecule has 6 nitrogen and oxygen atoms in total. The lowest BCUT2D eigenvalue weighted by molar-refractivity contribution is -0.120. The number of hydrogen-bond donors (Lipinski definition) is 1. The zero-order valence-corrected chi connectivity index (χ0v) is 13.4. The monoisotopic (exact) mass is 322 g/mol. The highest BCUT2D eigenvalue weighted by molar-refractivity contribution is 5.89. The van der Waals surface area contributed by atoms with Gasteiger partial charge in [-0.15, -0.1) is 5.10 Å². The molecule has 0 spiro atoms. The van der Waals surface area contributed by atoms with E-state index >= 15 is 0 Å². The lowest BCUT2D eigenvalue weighted by atomic mass is 10.1. The molecule has 2 heterocycles. The van der Waals surface area contributed by atoms with Crippen LogP contribution in [0, 0.1) is 6.92 Å². The Morgan fingerprint density at radius 3 is 2.79 bits per heavy atom. The SMILES string of the molecule is Cc1cccc(Cn2nc(-c3ccco3)nc2C2(C(N)=O)CC2)c1. The van der Waals surface area contributed by atoms with Crippen molar-refractivity contribution in [2.45, 2.75) is 31.7 Å². The molecule has 4 rings (SSSR count). The molecule has 0 unspecified atom stereocenters. The number of amides is 1. The van der Waals surface area contributed by atoms with Gasteiger partial charge in [-0.2, -0.15) is 0 Å². The maximum absolute atomic E-state index is 12.0. The Morgan fingerprint density at radius 1 is 1.33 bits per heavy atom. The number of rotatable bonds is 5. The van der Waals surface area contributed by atoms with E-state index in [1.165, 1.54) is 5.56 Å². The largest absolute Gasteiger partial charge is 0.461 e. The van der Waals surface area contributed by atoms with Crippen LogP contribution in [0.25, 0.3) is 11.6 Å². The fourth-order valence-corrected chi connectivity index (χ4v) is 3.01. The van der Waals surface area contributed by atoms with Crippen LogP contribution in [0.3, 0.4) is 0 Å². The number of aryl methyl sites for hydroxylation is 1. The first-order valence-electron chi connectivity index (χ1n) is 7.93. The van der Waals surface area contributed by atoms with Crippen LogP contribution in [-0.2, 0) is 16.8 Å². The third-order valence-corrected chi connectivity index (χ3v) is 4.48. The Labute approximate surface area is 139 Å². The summed E-state index contributed by atoms with van der Waals surface area (Å²) < 4.78 is 7.18. The molecule has 0 radical (unpaired) electrons. The van der Waals surface area contributed by atoms with Crippen molar-refractivity contribution in [1.82, 2.24) is 14.8 Å². The quantitative estimate of drug-likeness (QED) is 0.781. The molecule has 0 bridgehead atoms. The summed E-state index contributed by atoms with van der Waals surface area (Å²) in [5.74, 6) is 1.35. The molecule has 1 fully saturated rings. The van der Waals surface area contributed by atoms with Crippen molar-refractivity contribution in [3.05, 3.63) is 59.6 Å². The third-order valence-electron chi connectivity index (χ3n) is 4.48. The fourth-order valence-electron chi connectivity index (χ4n) is 3.01. The molecule has 1 saturated carbocycles. The summed E-state index contributed by atoms with van der Waals surface area (Å²) in [5, 5.41) is 4.57. The number of carbonyl (C=O) groups excluding carboxylic acids is 1. The maximum atomic E-state index is 12.0. The lowest BCUT2D eigenvalue weighted by Crippen LogP contribution is -2.31. The minimum Gasteiger partial charge on any atom is -0.461 e. The van der Waals surface area contributed by atoms with Gasteiger partial charge in [0.1, 0.15) is 11.2 Å². The van der Waals surface area contributed by atoms with Crippen LogP contribution in [0.5, 0.6) is 0 Å². The van der Waals surface area contributed by atoms with E-state index in [0.717, 1.165) is 5.56 Å². The smallest absolute Gasteiger partial charge is 0.231 e. The van der Waals surface area contributed by atoms with E-state index in [9.17, 15) is 4.79 Å². The highest BCUT2D eigenvalue weighted by Gasteiger charge is 2.54. The predicted octanol–water partition coefficient (Wildman–Crippen LogP) is 2.41. The van der Waals surface area contributed by atoms with Gasteiger partial charge in [-0.25, -0.2) is 9.67 Å². The molecule has 1 aliphatic carbocycles. The highest BCUT2D eigenvalue weighted by atomic mass is 16.3. The van der Waals surface area contributed by atoms with Crippen molar-refractivity contribution >= 4 is 5.91 Å². The van der Waals surface area contributed by atoms with Crippen LogP contribution in [0.15, 0.2) is 47.1 Å². The van der Waals surface area contributed by atoms with Crippen molar-refractivity contribution in [1.29, 1.82) is 0 Å². The molecule has 0 aliphatic heterocycles. The van der Waals surface area contributed by atoms with Gasteiger partial charge in [0, 0.05) is 0 Å². The number of nitrogens with zero attached hydrogens (tertiary/aromatic N) is 3. The average Bonchev–Trinajstić information content (AvgIpc) is 2.99. The van der Waals surface area contributed by atoms with Gasteiger partial charge in [0.15, 0.2) is 5.76 Å². The molecule has 3 aromatic rings. The van der Waals surface area contributed by atoms with Gasteiger partial charge < -0.3 is 10.2 Å². The maximum Gasteiger partial charge on any atom is 0.231 e. The average molecular weight is 322 g/mol. The number of nitrogens with two attached hydrogens (primary N) is 1. The molecule has 1 aliphatic rings. The second-order valence-electron chi connectivity index (χ2n) is 6.33. The van der Waals surface area contributed by atoms with E-state index < -0.39 is 5.41 Å². The molecular weight excluding hydrogens is 304 g/mol. The summed E-state index contributed by atoms with van der Waals surface area (Å²) in [6.07, 6.45) is 3.01. The lowest BCUT2D eigenvalue weighted by Gasteiger charge is -2.12.